The normalized spacial score (nSPS) is 25.7. The number of piperidine rings is 1. The van der Waals surface area contributed by atoms with Gasteiger partial charge in [-0.05, 0) is 48.8 Å². The van der Waals surface area contributed by atoms with E-state index in [0.717, 1.165) is 45.6 Å². The topological polar surface area (TPSA) is 93.2 Å². The molecule has 3 aliphatic rings. The van der Waals surface area contributed by atoms with Gasteiger partial charge in [-0.25, -0.2) is 17.9 Å². The Bertz CT molecular complexity index is 884. The number of nitrogens with zero attached hydrogens (tertiary/aromatic N) is 3. The summed E-state index contributed by atoms with van der Waals surface area (Å²) in [5.41, 5.74) is 3.84. The maximum Gasteiger partial charge on any atom is 0.407 e. The molecule has 0 spiro atoms. The van der Waals surface area contributed by atoms with Gasteiger partial charge in [-0.1, -0.05) is 12.1 Å². The number of fused-ring (bicyclic) bond motifs is 1. The number of carbonyl (C=O) groups is 1. The van der Waals surface area contributed by atoms with Crippen LogP contribution in [0.3, 0.4) is 0 Å². The highest BCUT2D eigenvalue weighted by atomic mass is 32.2. The molecule has 1 amide bonds. The van der Waals surface area contributed by atoms with E-state index in [-0.39, 0.29) is 6.04 Å². The summed E-state index contributed by atoms with van der Waals surface area (Å²) in [6, 6.07) is 6.48. The average Bonchev–Trinajstić information content (AvgIpc) is 3.22. The molecule has 9 heteroatoms. The van der Waals surface area contributed by atoms with Crippen molar-refractivity contribution in [1.29, 1.82) is 0 Å². The molecule has 3 heterocycles. The molecule has 0 aliphatic carbocycles. The third-order valence-corrected chi connectivity index (χ3v) is 7.62. The van der Waals surface area contributed by atoms with Gasteiger partial charge in [0, 0.05) is 57.5 Å². The summed E-state index contributed by atoms with van der Waals surface area (Å²) in [6.45, 7) is 7.99. The van der Waals surface area contributed by atoms with Crippen molar-refractivity contribution in [3.05, 3.63) is 29.3 Å². The van der Waals surface area contributed by atoms with Gasteiger partial charge < -0.3 is 14.9 Å². The predicted octanol–water partition coefficient (Wildman–Crippen LogP) is 1.55. The summed E-state index contributed by atoms with van der Waals surface area (Å²) >= 11 is 0. The van der Waals surface area contributed by atoms with Gasteiger partial charge in [-0.15, -0.1) is 0 Å². The Morgan fingerprint density at radius 3 is 2.33 bits per heavy atom. The van der Waals surface area contributed by atoms with E-state index in [0.29, 0.717) is 24.9 Å². The van der Waals surface area contributed by atoms with Gasteiger partial charge in [0.2, 0.25) is 10.0 Å². The first-order valence-corrected chi connectivity index (χ1v) is 12.6. The van der Waals surface area contributed by atoms with E-state index in [9.17, 15) is 18.3 Å². The van der Waals surface area contributed by atoms with Gasteiger partial charge in [0.1, 0.15) is 0 Å². The fourth-order valence-electron chi connectivity index (χ4n) is 5.34. The van der Waals surface area contributed by atoms with Crippen molar-refractivity contribution in [2.45, 2.75) is 32.4 Å². The van der Waals surface area contributed by atoms with Crippen LogP contribution in [0.15, 0.2) is 18.2 Å². The second kappa shape index (κ2) is 8.36. The Kier molecular flexibility index (Phi) is 5.96. The van der Waals surface area contributed by atoms with Gasteiger partial charge in [-0.3, -0.25) is 4.90 Å². The summed E-state index contributed by atoms with van der Waals surface area (Å²) in [5, 5.41) is 9.21. The standard InChI is InChI=1S/C21H32N4O4S/c1-15-16(10-23-11-17-13-25(21(26)27)14-18(17)12-23)4-3-5-20(15)24-8-6-19(7-9-24)22-30(2,28)29/h3-5,17-19,22H,6-14H2,1-2H3,(H,26,27). The molecule has 2 N–H and O–H groups in total. The first kappa shape index (κ1) is 21.4. The number of hydrogen-bond donors (Lipinski definition) is 2. The van der Waals surface area contributed by atoms with Crippen molar-refractivity contribution in [2.75, 3.05) is 50.4 Å². The smallest absolute Gasteiger partial charge is 0.407 e. The van der Waals surface area contributed by atoms with Crippen LogP contribution >= 0.6 is 0 Å². The molecule has 1 aromatic carbocycles. The summed E-state index contributed by atoms with van der Waals surface area (Å²) < 4.78 is 25.7. The molecule has 8 nitrogen and oxygen atoms in total. The summed E-state index contributed by atoms with van der Waals surface area (Å²) in [7, 11) is -3.16. The molecule has 2 unspecified atom stereocenters. The van der Waals surface area contributed by atoms with Crippen molar-refractivity contribution in [3.63, 3.8) is 0 Å². The Balaban J connectivity index is 1.36. The zero-order valence-corrected chi connectivity index (χ0v) is 18.6. The lowest BCUT2D eigenvalue weighted by atomic mass is 10.0. The minimum Gasteiger partial charge on any atom is -0.465 e. The SMILES string of the molecule is Cc1c(CN2CC3CN(C(=O)O)CC3C2)cccc1N1CCC(NS(C)(=O)=O)CC1. The third kappa shape index (κ3) is 4.73. The maximum atomic E-state index is 11.5. The van der Waals surface area contributed by atoms with Crippen LogP contribution in [0.25, 0.3) is 0 Å². The number of nitrogens with one attached hydrogen (secondary N) is 1. The fourth-order valence-corrected chi connectivity index (χ4v) is 6.18. The molecule has 0 bridgehead atoms. The second-order valence-electron chi connectivity index (χ2n) is 9.11. The van der Waals surface area contributed by atoms with E-state index in [1.807, 2.05) is 0 Å². The van der Waals surface area contributed by atoms with Crippen LogP contribution < -0.4 is 9.62 Å². The molecular formula is C21H32N4O4S. The summed E-state index contributed by atoms with van der Waals surface area (Å²) in [4.78, 5) is 17.6. The van der Waals surface area contributed by atoms with Gasteiger partial charge >= 0.3 is 6.09 Å². The van der Waals surface area contributed by atoms with Gasteiger partial charge in [0.25, 0.3) is 0 Å². The lowest BCUT2D eigenvalue weighted by molar-refractivity contribution is 0.148. The minimum atomic E-state index is -3.16. The van der Waals surface area contributed by atoms with Gasteiger partial charge in [-0.2, -0.15) is 0 Å². The predicted molar refractivity (Wildman–Crippen MR) is 116 cm³/mol. The quantitative estimate of drug-likeness (QED) is 0.728. The summed E-state index contributed by atoms with van der Waals surface area (Å²) in [6.07, 6.45) is 2.05. The number of anilines is 1. The molecule has 3 fully saturated rings. The van der Waals surface area contributed by atoms with Gasteiger partial charge in [0.05, 0.1) is 6.26 Å². The van der Waals surface area contributed by atoms with E-state index in [4.69, 9.17) is 0 Å². The van der Waals surface area contributed by atoms with Crippen LogP contribution in [0, 0.1) is 18.8 Å². The largest absolute Gasteiger partial charge is 0.465 e. The number of carboxylic acid groups (broad SMARTS) is 1. The maximum absolute atomic E-state index is 11.5. The van der Waals surface area contributed by atoms with Crippen LogP contribution in [0.2, 0.25) is 0 Å². The Morgan fingerprint density at radius 2 is 1.77 bits per heavy atom. The number of benzene rings is 1. The van der Waals surface area contributed by atoms with E-state index >= 15 is 0 Å². The molecule has 1 aromatic rings. The Labute approximate surface area is 178 Å². The van der Waals surface area contributed by atoms with E-state index in [1.54, 1.807) is 4.90 Å². The first-order valence-electron chi connectivity index (χ1n) is 10.7. The Morgan fingerprint density at radius 1 is 1.13 bits per heavy atom. The van der Waals surface area contributed by atoms with E-state index < -0.39 is 16.1 Å². The highest BCUT2D eigenvalue weighted by Gasteiger charge is 2.41. The first-order chi connectivity index (χ1) is 14.2. The molecule has 0 saturated carbocycles. The fraction of sp³-hybridized carbons (Fsp3) is 0.667. The molecule has 166 valence electrons. The number of rotatable bonds is 5. The number of amides is 1. The van der Waals surface area contributed by atoms with E-state index in [2.05, 4.69) is 39.6 Å². The van der Waals surface area contributed by atoms with Crippen molar-refractivity contribution in [1.82, 2.24) is 14.5 Å². The molecule has 3 aliphatic heterocycles. The molecule has 0 radical (unpaired) electrons. The number of likely N-dealkylation sites (tertiary alicyclic amines) is 2. The zero-order chi connectivity index (χ0) is 21.5. The molecular weight excluding hydrogens is 404 g/mol. The van der Waals surface area contributed by atoms with Crippen molar-refractivity contribution in [2.24, 2.45) is 11.8 Å². The van der Waals surface area contributed by atoms with Crippen molar-refractivity contribution >= 4 is 21.8 Å². The average molecular weight is 437 g/mol. The highest BCUT2D eigenvalue weighted by molar-refractivity contribution is 7.88. The monoisotopic (exact) mass is 436 g/mol. The number of hydrogen-bond acceptors (Lipinski definition) is 5. The van der Waals surface area contributed by atoms with Crippen LogP contribution in [-0.4, -0.2) is 81.0 Å². The van der Waals surface area contributed by atoms with Gasteiger partial charge in [0.15, 0.2) is 0 Å². The zero-order valence-electron chi connectivity index (χ0n) is 17.7. The molecule has 4 rings (SSSR count). The lowest BCUT2D eigenvalue weighted by Crippen LogP contribution is -2.44. The lowest BCUT2D eigenvalue weighted by Gasteiger charge is -2.35. The van der Waals surface area contributed by atoms with Crippen LogP contribution in [0.4, 0.5) is 10.5 Å². The second-order valence-corrected chi connectivity index (χ2v) is 10.9. The molecule has 2 atom stereocenters. The third-order valence-electron chi connectivity index (χ3n) is 6.86. The van der Waals surface area contributed by atoms with Crippen molar-refractivity contribution in [3.8, 4) is 0 Å². The molecule has 3 saturated heterocycles. The minimum absolute atomic E-state index is 0.0223. The van der Waals surface area contributed by atoms with Crippen LogP contribution in [0.5, 0.6) is 0 Å². The van der Waals surface area contributed by atoms with Crippen molar-refractivity contribution < 1.29 is 18.3 Å². The highest BCUT2D eigenvalue weighted by Crippen LogP contribution is 2.33. The van der Waals surface area contributed by atoms with E-state index in [1.165, 1.54) is 23.1 Å². The molecule has 0 aromatic heterocycles. The molecule has 30 heavy (non-hydrogen) atoms. The number of sulfonamides is 1. The van der Waals surface area contributed by atoms with Crippen LogP contribution in [-0.2, 0) is 16.6 Å². The summed E-state index contributed by atoms with van der Waals surface area (Å²) in [5.74, 6) is 0.900. The Hall–Kier alpha value is -1.84. The van der Waals surface area contributed by atoms with Crippen LogP contribution in [0.1, 0.15) is 24.0 Å².